The summed E-state index contributed by atoms with van der Waals surface area (Å²) in [6.07, 6.45) is 1.75. The van der Waals surface area contributed by atoms with Gasteiger partial charge < -0.3 is 15.0 Å². The molecule has 0 aliphatic carbocycles. The Morgan fingerprint density at radius 1 is 1.18 bits per heavy atom. The lowest BCUT2D eigenvalue weighted by Crippen LogP contribution is -2.36. The predicted octanol–water partition coefficient (Wildman–Crippen LogP) is 0.113. The summed E-state index contributed by atoms with van der Waals surface area (Å²) >= 11 is 0. The van der Waals surface area contributed by atoms with Gasteiger partial charge in [0.25, 0.3) is 0 Å². The van der Waals surface area contributed by atoms with Crippen LogP contribution in [0.4, 0.5) is 5.69 Å². The number of amides is 2. The number of hydrogen-bond donors (Lipinski definition) is 1. The van der Waals surface area contributed by atoms with Crippen molar-refractivity contribution >= 4 is 33.5 Å². The number of methoxy groups -OCH3 is 1. The Labute approximate surface area is 163 Å². The molecule has 1 N–H and O–H groups in total. The van der Waals surface area contributed by atoms with Crippen LogP contribution in [0.25, 0.3) is 0 Å². The number of nitrogens with zero attached hydrogens (tertiary/aromatic N) is 2. The van der Waals surface area contributed by atoms with Crippen molar-refractivity contribution in [3.05, 3.63) is 24.3 Å². The fraction of sp³-hybridized carbons (Fsp3) is 0.500. The number of rotatable bonds is 6. The first-order valence-electron chi connectivity index (χ1n) is 9.08. The highest BCUT2D eigenvalue weighted by molar-refractivity contribution is 7.89. The van der Waals surface area contributed by atoms with Gasteiger partial charge in [0, 0.05) is 31.7 Å². The molecule has 2 amide bonds. The number of anilines is 1. The molecule has 2 heterocycles. The van der Waals surface area contributed by atoms with Crippen LogP contribution < -0.4 is 10.2 Å². The zero-order valence-electron chi connectivity index (χ0n) is 15.6. The molecule has 1 aromatic carbocycles. The van der Waals surface area contributed by atoms with Crippen LogP contribution in [0, 0.1) is 5.92 Å². The van der Waals surface area contributed by atoms with E-state index in [-0.39, 0.29) is 30.3 Å². The summed E-state index contributed by atoms with van der Waals surface area (Å²) in [5.74, 6) is -1.77. The van der Waals surface area contributed by atoms with Crippen LogP contribution in [0.1, 0.15) is 19.3 Å². The van der Waals surface area contributed by atoms with Gasteiger partial charge in [-0.05, 0) is 37.1 Å². The van der Waals surface area contributed by atoms with Crippen molar-refractivity contribution in [3.8, 4) is 0 Å². The van der Waals surface area contributed by atoms with Gasteiger partial charge in [-0.1, -0.05) is 0 Å². The Bertz CT molecular complexity index is 862. The molecule has 10 heteroatoms. The third kappa shape index (κ3) is 4.17. The molecule has 9 nitrogen and oxygen atoms in total. The van der Waals surface area contributed by atoms with E-state index in [0.29, 0.717) is 18.8 Å². The molecule has 0 spiro atoms. The summed E-state index contributed by atoms with van der Waals surface area (Å²) in [4.78, 5) is 37.2. The number of nitrogens with one attached hydrogen (secondary N) is 1. The molecule has 0 saturated carbocycles. The van der Waals surface area contributed by atoms with Crippen molar-refractivity contribution in [2.45, 2.75) is 24.2 Å². The molecule has 1 aromatic rings. The number of carbonyl (C=O) groups is 3. The molecular formula is C18H23N3O6S. The third-order valence-electron chi connectivity index (χ3n) is 4.98. The highest BCUT2D eigenvalue weighted by Crippen LogP contribution is 2.28. The summed E-state index contributed by atoms with van der Waals surface area (Å²) in [5.41, 5.74) is 0.536. The highest BCUT2D eigenvalue weighted by atomic mass is 32.2. The molecule has 152 valence electrons. The fourth-order valence-corrected chi connectivity index (χ4v) is 4.90. The van der Waals surface area contributed by atoms with Crippen LogP contribution in [0.3, 0.4) is 0 Å². The molecule has 1 atom stereocenters. The van der Waals surface area contributed by atoms with Gasteiger partial charge in [-0.3, -0.25) is 14.4 Å². The first-order valence-corrected chi connectivity index (χ1v) is 10.5. The summed E-state index contributed by atoms with van der Waals surface area (Å²) in [6.45, 7) is 0.973. The first-order chi connectivity index (χ1) is 13.3. The molecule has 2 saturated heterocycles. The van der Waals surface area contributed by atoms with E-state index >= 15 is 0 Å². The quantitative estimate of drug-likeness (QED) is 0.668. The van der Waals surface area contributed by atoms with Crippen molar-refractivity contribution < 1.29 is 27.5 Å². The minimum absolute atomic E-state index is 0.0286. The lowest BCUT2D eigenvalue weighted by molar-refractivity contribution is -0.141. The Balaban J connectivity index is 1.66. The number of benzene rings is 1. The molecule has 0 bridgehead atoms. The van der Waals surface area contributed by atoms with E-state index in [1.165, 1.54) is 28.4 Å². The number of sulfonamides is 1. The summed E-state index contributed by atoms with van der Waals surface area (Å²) < 4.78 is 31.1. The molecule has 0 unspecified atom stereocenters. The van der Waals surface area contributed by atoms with E-state index < -0.39 is 27.8 Å². The lowest BCUT2D eigenvalue weighted by Gasteiger charge is -2.19. The summed E-state index contributed by atoms with van der Waals surface area (Å²) in [7, 11) is -2.29. The third-order valence-corrected chi connectivity index (χ3v) is 6.89. The Morgan fingerprint density at radius 2 is 1.82 bits per heavy atom. The first kappa shape index (κ1) is 20.3. The topological polar surface area (TPSA) is 113 Å². The molecule has 2 aliphatic heterocycles. The van der Waals surface area contributed by atoms with Crippen molar-refractivity contribution in [1.82, 2.24) is 9.62 Å². The van der Waals surface area contributed by atoms with Gasteiger partial charge in [-0.2, -0.15) is 4.31 Å². The average Bonchev–Trinajstić information content (AvgIpc) is 3.36. The van der Waals surface area contributed by atoms with Gasteiger partial charge in [-0.25, -0.2) is 8.42 Å². The molecule has 2 fully saturated rings. The van der Waals surface area contributed by atoms with E-state index in [9.17, 15) is 22.8 Å². The Hall–Kier alpha value is -2.46. The normalized spacial score (nSPS) is 20.4. The van der Waals surface area contributed by atoms with E-state index in [4.69, 9.17) is 0 Å². The smallest absolute Gasteiger partial charge is 0.325 e. The minimum atomic E-state index is -3.51. The molecule has 0 aromatic heterocycles. The lowest BCUT2D eigenvalue weighted by atomic mass is 10.1. The van der Waals surface area contributed by atoms with Gasteiger partial charge in [0.05, 0.1) is 17.9 Å². The predicted molar refractivity (Wildman–Crippen MR) is 99.9 cm³/mol. The van der Waals surface area contributed by atoms with Crippen LogP contribution in [-0.2, 0) is 29.1 Å². The van der Waals surface area contributed by atoms with Crippen molar-refractivity contribution in [1.29, 1.82) is 0 Å². The molecule has 0 radical (unpaired) electrons. The zero-order chi connectivity index (χ0) is 20.3. The van der Waals surface area contributed by atoms with E-state index in [1.807, 2.05) is 0 Å². The number of carbonyl (C=O) groups excluding carboxylic acids is 3. The van der Waals surface area contributed by atoms with Crippen LogP contribution in [0.2, 0.25) is 0 Å². The van der Waals surface area contributed by atoms with Crippen molar-refractivity contribution in [3.63, 3.8) is 0 Å². The maximum atomic E-state index is 12.6. The van der Waals surface area contributed by atoms with Gasteiger partial charge in [-0.15, -0.1) is 0 Å². The SMILES string of the molecule is COC(=O)CNC(=O)[C@@H]1CC(=O)N(c2ccc(S(=O)(=O)N3CCCC3)cc2)C1. The summed E-state index contributed by atoms with van der Waals surface area (Å²) in [6, 6.07) is 6.13. The summed E-state index contributed by atoms with van der Waals surface area (Å²) in [5, 5.41) is 2.45. The van der Waals surface area contributed by atoms with E-state index in [0.717, 1.165) is 12.8 Å². The Morgan fingerprint density at radius 3 is 2.43 bits per heavy atom. The van der Waals surface area contributed by atoms with Gasteiger partial charge >= 0.3 is 5.97 Å². The number of esters is 1. The van der Waals surface area contributed by atoms with Crippen molar-refractivity contribution in [2.75, 3.05) is 38.2 Å². The largest absolute Gasteiger partial charge is 0.468 e. The molecular weight excluding hydrogens is 386 g/mol. The Kier molecular flexibility index (Phi) is 5.99. The van der Waals surface area contributed by atoms with Crippen LogP contribution in [0.5, 0.6) is 0 Å². The fourth-order valence-electron chi connectivity index (χ4n) is 3.38. The van der Waals surface area contributed by atoms with Crippen LogP contribution in [0.15, 0.2) is 29.2 Å². The second kappa shape index (κ2) is 8.27. The number of ether oxygens (including phenoxy) is 1. The van der Waals surface area contributed by atoms with E-state index in [1.54, 1.807) is 12.1 Å². The number of hydrogen-bond acceptors (Lipinski definition) is 6. The van der Waals surface area contributed by atoms with E-state index in [2.05, 4.69) is 10.1 Å². The van der Waals surface area contributed by atoms with Gasteiger partial charge in [0.15, 0.2) is 0 Å². The average molecular weight is 409 g/mol. The van der Waals surface area contributed by atoms with Gasteiger partial charge in [0.2, 0.25) is 21.8 Å². The maximum Gasteiger partial charge on any atom is 0.325 e. The van der Waals surface area contributed by atoms with Crippen LogP contribution in [-0.4, -0.2) is 63.8 Å². The maximum absolute atomic E-state index is 12.6. The van der Waals surface area contributed by atoms with Crippen molar-refractivity contribution in [2.24, 2.45) is 5.92 Å². The standard InChI is InChI=1S/C18H23N3O6S/c1-27-17(23)11-19-18(24)13-10-16(22)21(12-13)14-4-6-15(7-5-14)28(25,26)20-8-2-3-9-20/h4-7,13H,2-3,8-12H2,1H3,(H,19,24)/t13-/m1/s1. The van der Waals surface area contributed by atoms with Crippen LogP contribution >= 0.6 is 0 Å². The van der Waals surface area contributed by atoms with Gasteiger partial charge in [0.1, 0.15) is 6.54 Å². The highest BCUT2D eigenvalue weighted by Gasteiger charge is 2.35. The minimum Gasteiger partial charge on any atom is -0.468 e. The molecule has 28 heavy (non-hydrogen) atoms. The monoisotopic (exact) mass is 409 g/mol. The second-order valence-electron chi connectivity index (χ2n) is 6.80. The zero-order valence-corrected chi connectivity index (χ0v) is 16.4. The second-order valence-corrected chi connectivity index (χ2v) is 8.74. The molecule has 3 rings (SSSR count). The molecule has 2 aliphatic rings.